The van der Waals surface area contributed by atoms with Gasteiger partial charge in [0.05, 0.1) is 23.4 Å². The molecular formula is C30H31ClN4O4S. The van der Waals surface area contributed by atoms with E-state index < -0.39 is 22.5 Å². The Kier molecular flexibility index (Phi) is 8.96. The van der Waals surface area contributed by atoms with Crippen LogP contribution in [0.3, 0.4) is 0 Å². The molecule has 0 aliphatic carbocycles. The van der Waals surface area contributed by atoms with E-state index in [1.807, 2.05) is 58.0 Å². The van der Waals surface area contributed by atoms with Gasteiger partial charge in [0.2, 0.25) is 0 Å². The highest BCUT2D eigenvalue weighted by molar-refractivity contribution is 7.92. The molecular weight excluding hydrogens is 548 g/mol. The highest BCUT2D eigenvalue weighted by atomic mass is 35.5. The van der Waals surface area contributed by atoms with Gasteiger partial charge < -0.3 is 9.30 Å². The molecule has 4 aromatic rings. The Bertz CT molecular complexity index is 1610. The topological polar surface area (TPSA) is 93.0 Å². The maximum absolute atomic E-state index is 13.6. The molecule has 1 heterocycles. The molecule has 0 saturated heterocycles. The predicted octanol–water partition coefficient (Wildman–Crippen LogP) is 5.80. The molecule has 0 fully saturated rings. The minimum atomic E-state index is -4.04. The van der Waals surface area contributed by atoms with Crippen LogP contribution in [-0.4, -0.2) is 38.3 Å². The van der Waals surface area contributed by atoms with Gasteiger partial charge in [0.25, 0.3) is 15.9 Å². The van der Waals surface area contributed by atoms with Crippen LogP contribution in [-0.2, 0) is 14.8 Å². The number of benzene rings is 3. The van der Waals surface area contributed by atoms with Crippen molar-refractivity contribution in [2.75, 3.05) is 17.5 Å². The summed E-state index contributed by atoms with van der Waals surface area (Å²) in [6.07, 6.45) is 1.54. The van der Waals surface area contributed by atoms with E-state index in [4.69, 9.17) is 16.3 Å². The number of carbonyl (C=O) groups excluding carboxylic acids is 1. The Morgan fingerprint density at radius 2 is 1.65 bits per heavy atom. The molecule has 0 spiro atoms. The predicted molar refractivity (Wildman–Crippen MR) is 159 cm³/mol. The number of sulfonamides is 1. The molecule has 1 aromatic heterocycles. The van der Waals surface area contributed by atoms with Crippen LogP contribution in [0.1, 0.15) is 29.4 Å². The Hall–Kier alpha value is -4.08. The summed E-state index contributed by atoms with van der Waals surface area (Å²) in [6, 6.07) is 22.5. The van der Waals surface area contributed by atoms with Crippen molar-refractivity contribution in [1.82, 2.24) is 9.99 Å². The summed E-state index contributed by atoms with van der Waals surface area (Å²) in [5, 5.41) is 4.77. The van der Waals surface area contributed by atoms with E-state index in [2.05, 4.69) is 15.1 Å². The van der Waals surface area contributed by atoms with Gasteiger partial charge in [-0.1, -0.05) is 29.3 Å². The van der Waals surface area contributed by atoms with Gasteiger partial charge in [-0.25, -0.2) is 13.8 Å². The maximum atomic E-state index is 13.6. The summed E-state index contributed by atoms with van der Waals surface area (Å²) in [7, 11) is -4.04. The lowest BCUT2D eigenvalue weighted by Crippen LogP contribution is -2.39. The number of hydrogen-bond acceptors (Lipinski definition) is 5. The van der Waals surface area contributed by atoms with E-state index in [1.165, 1.54) is 12.1 Å². The lowest BCUT2D eigenvalue weighted by atomic mass is 10.2. The second kappa shape index (κ2) is 12.4. The first-order valence-corrected chi connectivity index (χ1v) is 14.5. The zero-order valence-corrected chi connectivity index (χ0v) is 24.3. The van der Waals surface area contributed by atoms with Gasteiger partial charge in [-0.2, -0.15) is 5.10 Å². The Morgan fingerprint density at radius 1 is 1.00 bits per heavy atom. The first kappa shape index (κ1) is 28.9. The zero-order valence-electron chi connectivity index (χ0n) is 22.8. The SMILES string of the molecule is CCOc1ccc(N(CC(=O)N/N=C/c2cc(C)n(-c3ccc(Cl)cc3)c2C)S(=O)(=O)c2ccc(C)cc2)cc1. The van der Waals surface area contributed by atoms with E-state index >= 15 is 0 Å². The van der Waals surface area contributed by atoms with Crippen molar-refractivity contribution in [3.05, 3.63) is 106 Å². The summed E-state index contributed by atoms with van der Waals surface area (Å²) in [4.78, 5) is 13.0. The molecule has 10 heteroatoms. The van der Waals surface area contributed by atoms with E-state index in [9.17, 15) is 13.2 Å². The first-order chi connectivity index (χ1) is 19.1. The third kappa shape index (κ3) is 6.55. The molecule has 8 nitrogen and oxygen atoms in total. The molecule has 0 aliphatic rings. The van der Waals surface area contributed by atoms with Crippen molar-refractivity contribution in [1.29, 1.82) is 0 Å². The molecule has 1 N–H and O–H groups in total. The molecule has 0 unspecified atom stereocenters. The minimum absolute atomic E-state index is 0.0814. The number of halogens is 1. The number of hydrogen-bond donors (Lipinski definition) is 1. The fourth-order valence-corrected chi connectivity index (χ4v) is 5.82. The fraction of sp³-hybridized carbons (Fsp3) is 0.200. The molecule has 40 heavy (non-hydrogen) atoms. The normalized spacial score (nSPS) is 11.5. The van der Waals surface area contributed by atoms with Gasteiger partial charge in [0.1, 0.15) is 12.3 Å². The highest BCUT2D eigenvalue weighted by Crippen LogP contribution is 2.26. The molecule has 0 saturated carbocycles. The monoisotopic (exact) mass is 578 g/mol. The summed E-state index contributed by atoms with van der Waals surface area (Å²) in [6.45, 7) is 7.68. The number of amides is 1. The molecule has 0 aliphatic heterocycles. The lowest BCUT2D eigenvalue weighted by Gasteiger charge is -2.24. The summed E-state index contributed by atoms with van der Waals surface area (Å²) >= 11 is 6.03. The number of ether oxygens (including phenoxy) is 1. The number of aromatic nitrogens is 1. The molecule has 0 radical (unpaired) electrons. The molecule has 0 bridgehead atoms. The number of nitrogens with zero attached hydrogens (tertiary/aromatic N) is 3. The van der Waals surface area contributed by atoms with Crippen LogP contribution >= 0.6 is 11.6 Å². The second-order valence-corrected chi connectivity index (χ2v) is 11.5. The quantitative estimate of drug-likeness (QED) is 0.190. The number of anilines is 1. The van der Waals surface area contributed by atoms with Crippen LogP contribution in [0, 0.1) is 20.8 Å². The van der Waals surface area contributed by atoms with E-state index in [0.29, 0.717) is 23.1 Å². The van der Waals surface area contributed by atoms with E-state index in [0.717, 1.165) is 32.5 Å². The van der Waals surface area contributed by atoms with Crippen molar-refractivity contribution in [3.8, 4) is 11.4 Å². The van der Waals surface area contributed by atoms with Crippen molar-refractivity contribution in [2.24, 2.45) is 5.10 Å². The summed E-state index contributed by atoms with van der Waals surface area (Å²) in [5.74, 6) is 0.0107. The van der Waals surface area contributed by atoms with Crippen molar-refractivity contribution < 1.29 is 17.9 Å². The molecule has 3 aromatic carbocycles. The zero-order chi connectivity index (χ0) is 28.9. The van der Waals surface area contributed by atoms with Crippen LogP contribution < -0.4 is 14.5 Å². The fourth-order valence-electron chi connectivity index (χ4n) is 4.27. The van der Waals surface area contributed by atoms with Crippen LogP contribution in [0.15, 0.2) is 88.9 Å². The van der Waals surface area contributed by atoms with Gasteiger partial charge in [-0.3, -0.25) is 9.10 Å². The maximum Gasteiger partial charge on any atom is 0.264 e. The van der Waals surface area contributed by atoms with Crippen LogP contribution in [0.4, 0.5) is 5.69 Å². The van der Waals surface area contributed by atoms with Gasteiger partial charge in [-0.15, -0.1) is 0 Å². The molecule has 208 valence electrons. The average Bonchev–Trinajstić information content (AvgIpc) is 3.21. The molecule has 0 atom stereocenters. The lowest BCUT2D eigenvalue weighted by molar-refractivity contribution is -0.119. The van der Waals surface area contributed by atoms with Gasteiger partial charge >= 0.3 is 0 Å². The smallest absolute Gasteiger partial charge is 0.264 e. The third-order valence-electron chi connectivity index (χ3n) is 6.28. The number of carbonyl (C=O) groups is 1. The average molecular weight is 579 g/mol. The van der Waals surface area contributed by atoms with Crippen LogP contribution in [0.5, 0.6) is 5.75 Å². The van der Waals surface area contributed by atoms with Crippen molar-refractivity contribution in [3.63, 3.8) is 0 Å². The van der Waals surface area contributed by atoms with Gasteiger partial charge in [0, 0.05) is 27.7 Å². The minimum Gasteiger partial charge on any atom is -0.494 e. The Morgan fingerprint density at radius 3 is 2.27 bits per heavy atom. The standard InChI is InChI=1S/C30H31ClN4O4S/c1-5-39-28-14-12-26(13-15-28)34(40(37,38)29-16-6-21(2)7-17-29)20-30(36)33-32-19-24-18-22(3)35(23(24)4)27-10-8-25(31)9-11-27/h6-19H,5,20H2,1-4H3,(H,33,36)/b32-19+. The van der Waals surface area contributed by atoms with Crippen LogP contribution in [0.25, 0.3) is 5.69 Å². The van der Waals surface area contributed by atoms with Crippen molar-refractivity contribution >= 4 is 39.4 Å². The number of nitrogens with one attached hydrogen (secondary N) is 1. The second-order valence-electron chi connectivity index (χ2n) is 9.18. The van der Waals surface area contributed by atoms with Gasteiger partial charge in [-0.05, 0) is 94.4 Å². The largest absolute Gasteiger partial charge is 0.494 e. The molecule has 4 rings (SSSR count). The summed E-state index contributed by atoms with van der Waals surface area (Å²) in [5.41, 5.74) is 7.40. The molecule has 1 amide bonds. The van der Waals surface area contributed by atoms with Crippen molar-refractivity contribution in [2.45, 2.75) is 32.6 Å². The van der Waals surface area contributed by atoms with E-state index in [1.54, 1.807) is 42.6 Å². The highest BCUT2D eigenvalue weighted by Gasteiger charge is 2.27. The number of hydrazone groups is 1. The summed E-state index contributed by atoms with van der Waals surface area (Å²) < 4.78 is 35.8. The number of rotatable bonds is 10. The Labute approximate surface area is 239 Å². The number of aryl methyl sites for hydroxylation is 2. The third-order valence-corrected chi connectivity index (χ3v) is 8.32. The first-order valence-electron chi connectivity index (χ1n) is 12.7. The van der Waals surface area contributed by atoms with E-state index in [-0.39, 0.29) is 4.90 Å². The van der Waals surface area contributed by atoms with Gasteiger partial charge in [0.15, 0.2) is 0 Å². The Balaban J connectivity index is 1.55. The van der Waals surface area contributed by atoms with Crippen LogP contribution in [0.2, 0.25) is 5.02 Å².